The van der Waals surface area contributed by atoms with E-state index in [1.165, 1.54) is 20.8 Å². The fourth-order valence-corrected chi connectivity index (χ4v) is 5.15. The van der Waals surface area contributed by atoms with Crippen LogP contribution in [0.5, 0.6) is 5.88 Å². The quantitative estimate of drug-likeness (QED) is 0.627. The predicted molar refractivity (Wildman–Crippen MR) is 103 cm³/mol. The first-order valence-corrected chi connectivity index (χ1v) is 10.4. The van der Waals surface area contributed by atoms with Gasteiger partial charge in [-0.25, -0.2) is 4.98 Å². The number of aromatic nitrogens is 3. The summed E-state index contributed by atoms with van der Waals surface area (Å²) in [7, 11) is 0. The number of nitrogens with one attached hydrogen (secondary N) is 1. The van der Waals surface area contributed by atoms with Crippen LogP contribution < -0.4 is 4.90 Å². The lowest BCUT2D eigenvalue weighted by atomic mass is 9.96. The fourth-order valence-electron chi connectivity index (χ4n) is 3.98. The first kappa shape index (κ1) is 18.9. The molecule has 9 heteroatoms. The van der Waals surface area contributed by atoms with Crippen molar-refractivity contribution in [2.75, 3.05) is 19.7 Å². The lowest BCUT2D eigenvalue weighted by molar-refractivity contribution is -0.933. The SMILES string of the molecule is CCOC(=O)[C@@H]1CCC[NH+]([C@@H](c2ccc(C)o2)c2sc3nc(C)nn3c2O)C1. The summed E-state index contributed by atoms with van der Waals surface area (Å²) in [6.45, 7) is 7.43. The smallest absolute Gasteiger partial charge is 0.314 e. The second-order valence-corrected chi connectivity index (χ2v) is 8.24. The Labute approximate surface area is 166 Å². The van der Waals surface area contributed by atoms with Crippen molar-refractivity contribution in [1.82, 2.24) is 14.6 Å². The molecule has 2 N–H and O–H groups in total. The van der Waals surface area contributed by atoms with Gasteiger partial charge in [-0.1, -0.05) is 11.3 Å². The lowest BCUT2D eigenvalue weighted by Crippen LogP contribution is -3.14. The van der Waals surface area contributed by atoms with Crippen LogP contribution in [0.4, 0.5) is 0 Å². The summed E-state index contributed by atoms with van der Waals surface area (Å²) < 4.78 is 12.7. The Morgan fingerprint density at radius 2 is 2.32 bits per heavy atom. The average Bonchev–Trinajstić information content (AvgIpc) is 3.33. The number of ether oxygens (including phenoxy) is 1. The second-order valence-electron chi connectivity index (χ2n) is 7.23. The van der Waals surface area contributed by atoms with Gasteiger partial charge in [-0.2, -0.15) is 4.52 Å². The topological polar surface area (TPSA) is 94.3 Å². The molecule has 3 aromatic rings. The fraction of sp³-hybridized carbons (Fsp3) is 0.526. The molecule has 0 aromatic carbocycles. The van der Waals surface area contributed by atoms with Gasteiger partial charge in [0.1, 0.15) is 22.4 Å². The zero-order valence-electron chi connectivity index (χ0n) is 16.3. The summed E-state index contributed by atoms with van der Waals surface area (Å²) in [5.41, 5.74) is 0. The highest BCUT2D eigenvalue weighted by molar-refractivity contribution is 7.17. The largest absolute Gasteiger partial charge is 0.492 e. The molecule has 28 heavy (non-hydrogen) atoms. The van der Waals surface area contributed by atoms with Gasteiger partial charge in [0.2, 0.25) is 10.8 Å². The van der Waals surface area contributed by atoms with E-state index in [9.17, 15) is 9.90 Å². The molecule has 0 aliphatic carbocycles. The number of aromatic hydroxyl groups is 1. The number of hydrogen-bond acceptors (Lipinski definition) is 7. The number of hydrogen-bond donors (Lipinski definition) is 2. The van der Waals surface area contributed by atoms with Crippen LogP contribution in [0.3, 0.4) is 0 Å². The molecule has 0 spiro atoms. The molecule has 1 aliphatic rings. The molecule has 3 aromatic heterocycles. The Balaban J connectivity index is 1.72. The van der Waals surface area contributed by atoms with E-state index in [0.29, 0.717) is 23.9 Å². The van der Waals surface area contributed by atoms with Crippen LogP contribution in [0.2, 0.25) is 0 Å². The van der Waals surface area contributed by atoms with Crippen LogP contribution in [0.1, 0.15) is 48.0 Å². The normalized spacial score (nSPS) is 21.1. The summed E-state index contributed by atoms with van der Waals surface area (Å²) in [5.74, 6) is 2.00. The van der Waals surface area contributed by atoms with E-state index in [1.54, 1.807) is 6.92 Å². The summed E-state index contributed by atoms with van der Waals surface area (Å²) in [6.07, 6.45) is 1.74. The molecule has 1 fully saturated rings. The van der Waals surface area contributed by atoms with E-state index < -0.39 is 0 Å². The van der Waals surface area contributed by atoms with Gasteiger partial charge < -0.3 is 19.2 Å². The number of quaternary nitrogens is 1. The minimum absolute atomic E-state index is 0.0883. The van der Waals surface area contributed by atoms with Gasteiger partial charge in [-0.15, -0.1) is 5.10 Å². The summed E-state index contributed by atoms with van der Waals surface area (Å²) in [5, 5.41) is 15.1. The van der Waals surface area contributed by atoms with Crippen molar-refractivity contribution in [2.45, 2.75) is 39.7 Å². The number of nitrogens with zero attached hydrogens (tertiary/aromatic N) is 3. The highest BCUT2D eigenvalue weighted by Gasteiger charge is 2.40. The number of carbonyl (C=O) groups excluding carboxylic acids is 1. The van der Waals surface area contributed by atoms with Gasteiger partial charge in [0.05, 0.1) is 19.7 Å². The van der Waals surface area contributed by atoms with E-state index >= 15 is 0 Å². The number of thiazole rings is 1. The first-order valence-electron chi connectivity index (χ1n) is 9.60. The van der Waals surface area contributed by atoms with Gasteiger partial charge in [-0.3, -0.25) is 4.79 Å². The monoisotopic (exact) mass is 405 g/mol. The summed E-state index contributed by atoms with van der Waals surface area (Å²) >= 11 is 1.41. The van der Waals surface area contributed by atoms with Crippen LogP contribution in [0.25, 0.3) is 4.96 Å². The third-order valence-corrected chi connectivity index (χ3v) is 6.29. The Hall–Kier alpha value is -2.39. The van der Waals surface area contributed by atoms with Crippen molar-refractivity contribution in [3.8, 4) is 5.88 Å². The molecule has 0 bridgehead atoms. The highest BCUT2D eigenvalue weighted by Crippen LogP contribution is 2.36. The van der Waals surface area contributed by atoms with Gasteiger partial charge >= 0.3 is 5.97 Å². The van der Waals surface area contributed by atoms with E-state index in [1.807, 2.05) is 26.0 Å². The maximum Gasteiger partial charge on any atom is 0.314 e. The van der Waals surface area contributed by atoms with Crippen molar-refractivity contribution >= 4 is 22.3 Å². The van der Waals surface area contributed by atoms with Crippen molar-refractivity contribution in [2.24, 2.45) is 5.92 Å². The Morgan fingerprint density at radius 1 is 1.50 bits per heavy atom. The van der Waals surface area contributed by atoms with E-state index in [2.05, 4.69) is 10.1 Å². The molecule has 1 unspecified atom stereocenters. The molecule has 4 heterocycles. The van der Waals surface area contributed by atoms with E-state index in [-0.39, 0.29) is 23.8 Å². The number of furan rings is 1. The average molecular weight is 406 g/mol. The number of aryl methyl sites for hydroxylation is 2. The highest BCUT2D eigenvalue weighted by atomic mass is 32.1. The Kier molecular flexibility index (Phi) is 5.11. The zero-order chi connectivity index (χ0) is 19.8. The zero-order valence-corrected chi connectivity index (χ0v) is 17.1. The number of likely N-dealkylation sites (tertiary alicyclic amines) is 1. The summed E-state index contributed by atoms with van der Waals surface area (Å²) in [4.78, 5) is 19.3. The van der Waals surface area contributed by atoms with Gasteiger partial charge in [0, 0.05) is 0 Å². The molecule has 150 valence electrons. The molecule has 0 radical (unpaired) electrons. The van der Waals surface area contributed by atoms with Crippen LogP contribution in [0, 0.1) is 19.8 Å². The van der Waals surface area contributed by atoms with Crippen molar-refractivity contribution in [3.63, 3.8) is 0 Å². The van der Waals surface area contributed by atoms with Crippen molar-refractivity contribution in [1.29, 1.82) is 0 Å². The minimum atomic E-state index is -0.222. The van der Waals surface area contributed by atoms with E-state index in [4.69, 9.17) is 9.15 Å². The molecule has 1 aliphatic heterocycles. The third-order valence-electron chi connectivity index (χ3n) is 5.20. The van der Waals surface area contributed by atoms with E-state index in [0.717, 1.165) is 35.8 Å². The van der Waals surface area contributed by atoms with Crippen molar-refractivity contribution < 1.29 is 24.0 Å². The lowest BCUT2D eigenvalue weighted by Gasteiger charge is -2.33. The standard InChI is InChI=1S/C19H24N4O4S/c1-4-26-18(25)13-6-5-9-22(10-13)15(14-8-7-11(2)27-14)16-17(24)23-19(28-16)20-12(3)21-23/h7-8,13,15,24H,4-6,9-10H2,1-3H3/p+1/t13-,15+/m1/s1. The van der Waals surface area contributed by atoms with Crippen LogP contribution in [-0.2, 0) is 9.53 Å². The molecule has 0 amide bonds. The number of carbonyl (C=O) groups is 1. The number of rotatable bonds is 5. The van der Waals surface area contributed by atoms with Gasteiger partial charge in [-0.05, 0) is 45.7 Å². The number of fused-ring (bicyclic) bond motifs is 1. The maximum atomic E-state index is 12.3. The Bertz CT molecular complexity index is 992. The third kappa shape index (κ3) is 3.40. The van der Waals surface area contributed by atoms with Crippen LogP contribution >= 0.6 is 11.3 Å². The number of piperidine rings is 1. The number of esters is 1. The van der Waals surface area contributed by atoms with Crippen LogP contribution in [0.15, 0.2) is 16.5 Å². The summed E-state index contributed by atoms with van der Waals surface area (Å²) in [6, 6.07) is 3.65. The Morgan fingerprint density at radius 3 is 3.00 bits per heavy atom. The predicted octanol–water partition coefficient (Wildman–Crippen LogP) is 1.65. The molecular weight excluding hydrogens is 380 g/mol. The molecule has 1 saturated heterocycles. The molecule has 0 saturated carbocycles. The minimum Gasteiger partial charge on any atom is -0.492 e. The van der Waals surface area contributed by atoms with Crippen molar-refractivity contribution in [3.05, 3.63) is 34.4 Å². The molecule has 3 atom stereocenters. The molecule has 8 nitrogen and oxygen atoms in total. The molecular formula is C19H25N4O4S+. The van der Waals surface area contributed by atoms with Gasteiger partial charge in [0.25, 0.3) is 0 Å². The maximum absolute atomic E-state index is 12.3. The van der Waals surface area contributed by atoms with Gasteiger partial charge in [0.15, 0.2) is 11.8 Å². The molecule has 4 rings (SSSR count). The first-order chi connectivity index (χ1) is 13.5. The second kappa shape index (κ2) is 7.56. The van der Waals surface area contributed by atoms with Crippen LogP contribution in [-0.4, -0.2) is 45.4 Å².